The largest absolute Gasteiger partial charge is 0.480 e. The van der Waals surface area contributed by atoms with Crippen LogP contribution in [0.25, 0.3) is 0 Å². The number of aromatic nitrogens is 1. The summed E-state index contributed by atoms with van der Waals surface area (Å²) in [5.41, 5.74) is 0.193. The molecule has 1 aromatic rings. The number of pyridine rings is 1. The average Bonchev–Trinajstić information content (AvgIpc) is 2.20. The number of carbonyl (C=O) groups is 2. The van der Waals surface area contributed by atoms with E-state index in [0.29, 0.717) is 0 Å². The SMILES string of the molecule is CN(CC(=O)O)C(=O)c1cnc(Cl)c(Cl)c1. The van der Waals surface area contributed by atoms with Crippen LogP contribution in [0, 0.1) is 0 Å². The molecule has 0 aliphatic carbocycles. The molecule has 0 saturated carbocycles. The Hall–Kier alpha value is -1.33. The third-order valence-corrected chi connectivity index (χ3v) is 2.45. The number of amides is 1. The monoisotopic (exact) mass is 262 g/mol. The van der Waals surface area contributed by atoms with Crippen LogP contribution in [-0.4, -0.2) is 40.5 Å². The number of hydrogen-bond donors (Lipinski definition) is 1. The number of nitrogens with zero attached hydrogens (tertiary/aromatic N) is 2. The molecule has 0 unspecified atom stereocenters. The molecule has 0 saturated heterocycles. The summed E-state index contributed by atoms with van der Waals surface area (Å²) in [4.78, 5) is 26.8. The van der Waals surface area contributed by atoms with Crippen molar-refractivity contribution in [2.45, 2.75) is 0 Å². The van der Waals surface area contributed by atoms with Gasteiger partial charge in [-0.2, -0.15) is 0 Å². The Balaban J connectivity index is 2.88. The van der Waals surface area contributed by atoms with Gasteiger partial charge >= 0.3 is 5.97 Å². The molecule has 1 N–H and O–H groups in total. The van der Waals surface area contributed by atoms with E-state index in [0.717, 1.165) is 4.90 Å². The average molecular weight is 263 g/mol. The van der Waals surface area contributed by atoms with Crippen molar-refractivity contribution >= 4 is 35.1 Å². The number of aliphatic carboxylic acids is 1. The first kappa shape index (κ1) is 12.7. The maximum absolute atomic E-state index is 11.7. The number of carbonyl (C=O) groups excluding carboxylic acids is 1. The van der Waals surface area contributed by atoms with Crippen molar-refractivity contribution in [2.24, 2.45) is 0 Å². The first-order valence-corrected chi connectivity index (χ1v) is 4.95. The van der Waals surface area contributed by atoms with Crippen molar-refractivity contribution in [2.75, 3.05) is 13.6 Å². The molecule has 1 amide bonds. The highest BCUT2D eigenvalue weighted by atomic mass is 35.5. The molecule has 7 heteroatoms. The molecular formula is C9H8Cl2N2O3. The van der Waals surface area contributed by atoms with Gasteiger partial charge < -0.3 is 10.0 Å². The topological polar surface area (TPSA) is 70.5 Å². The number of carboxylic acid groups (broad SMARTS) is 1. The van der Waals surface area contributed by atoms with Crippen molar-refractivity contribution in [3.05, 3.63) is 28.0 Å². The number of halogens is 2. The minimum atomic E-state index is -1.09. The van der Waals surface area contributed by atoms with Gasteiger partial charge in [-0.15, -0.1) is 0 Å². The zero-order valence-corrected chi connectivity index (χ0v) is 9.79. The van der Waals surface area contributed by atoms with Crippen LogP contribution in [0.3, 0.4) is 0 Å². The molecule has 16 heavy (non-hydrogen) atoms. The molecule has 0 atom stereocenters. The summed E-state index contributed by atoms with van der Waals surface area (Å²) in [6.07, 6.45) is 1.24. The van der Waals surface area contributed by atoms with Crippen LogP contribution < -0.4 is 0 Å². The fraction of sp³-hybridized carbons (Fsp3) is 0.222. The lowest BCUT2D eigenvalue weighted by molar-refractivity contribution is -0.137. The summed E-state index contributed by atoms with van der Waals surface area (Å²) in [5, 5.41) is 8.77. The van der Waals surface area contributed by atoms with E-state index in [4.69, 9.17) is 28.3 Å². The summed E-state index contributed by atoms with van der Waals surface area (Å²) in [6, 6.07) is 1.34. The smallest absolute Gasteiger partial charge is 0.323 e. The van der Waals surface area contributed by atoms with Crippen LogP contribution in [-0.2, 0) is 4.79 Å². The van der Waals surface area contributed by atoms with Gasteiger partial charge in [-0.3, -0.25) is 9.59 Å². The second-order valence-electron chi connectivity index (χ2n) is 3.05. The number of carboxylic acids is 1. The van der Waals surface area contributed by atoms with Crippen LogP contribution in [0.2, 0.25) is 10.2 Å². The van der Waals surface area contributed by atoms with Crippen molar-refractivity contribution in [1.29, 1.82) is 0 Å². The lowest BCUT2D eigenvalue weighted by Gasteiger charge is -2.14. The third kappa shape index (κ3) is 3.08. The summed E-state index contributed by atoms with van der Waals surface area (Å²) >= 11 is 11.3. The number of rotatable bonds is 3. The van der Waals surface area contributed by atoms with Crippen LogP contribution in [0.1, 0.15) is 10.4 Å². The van der Waals surface area contributed by atoms with Gasteiger partial charge in [0, 0.05) is 13.2 Å². The first-order chi connectivity index (χ1) is 7.41. The van der Waals surface area contributed by atoms with E-state index in [-0.39, 0.29) is 22.3 Å². The van der Waals surface area contributed by atoms with Crippen molar-refractivity contribution in [3.8, 4) is 0 Å². The van der Waals surface area contributed by atoms with Gasteiger partial charge in [0.25, 0.3) is 5.91 Å². The fourth-order valence-electron chi connectivity index (χ4n) is 1.03. The first-order valence-electron chi connectivity index (χ1n) is 4.20. The Kier molecular flexibility index (Phi) is 4.09. The normalized spacial score (nSPS) is 9.94. The predicted molar refractivity (Wildman–Crippen MR) is 58.9 cm³/mol. The van der Waals surface area contributed by atoms with Gasteiger partial charge in [0.2, 0.25) is 0 Å². The van der Waals surface area contributed by atoms with Gasteiger partial charge in [-0.25, -0.2) is 4.98 Å². The Morgan fingerprint density at radius 3 is 2.62 bits per heavy atom. The highest BCUT2D eigenvalue weighted by Crippen LogP contribution is 2.20. The van der Waals surface area contributed by atoms with Crippen molar-refractivity contribution < 1.29 is 14.7 Å². The number of likely N-dealkylation sites (N-methyl/N-ethyl adjacent to an activating group) is 1. The van der Waals surface area contributed by atoms with Gasteiger partial charge in [-0.05, 0) is 6.07 Å². The van der Waals surface area contributed by atoms with Gasteiger partial charge in [0.15, 0.2) is 0 Å². The molecule has 0 aliphatic heterocycles. The highest BCUT2D eigenvalue weighted by Gasteiger charge is 2.15. The fourth-order valence-corrected chi connectivity index (χ4v) is 1.30. The number of hydrogen-bond acceptors (Lipinski definition) is 3. The summed E-state index contributed by atoms with van der Waals surface area (Å²) in [6.45, 7) is -0.390. The molecule has 1 heterocycles. The highest BCUT2D eigenvalue weighted by molar-refractivity contribution is 6.41. The molecule has 86 valence electrons. The third-order valence-electron chi connectivity index (χ3n) is 1.76. The van der Waals surface area contributed by atoms with Crippen LogP contribution >= 0.6 is 23.2 Å². The molecule has 0 spiro atoms. The maximum atomic E-state index is 11.7. The van der Waals surface area contributed by atoms with Gasteiger partial charge in [0.1, 0.15) is 11.7 Å². The van der Waals surface area contributed by atoms with Crippen LogP contribution in [0.15, 0.2) is 12.3 Å². The van der Waals surface area contributed by atoms with Crippen molar-refractivity contribution in [3.63, 3.8) is 0 Å². The van der Waals surface area contributed by atoms with Gasteiger partial charge in [-0.1, -0.05) is 23.2 Å². The van der Waals surface area contributed by atoms with E-state index >= 15 is 0 Å². The van der Waals surface area contributed by atoms with E-state index in [1.165, 1.54) is 19.3 Å². The lowest BCUT2D eigenvalue weighted by atomic mass is 10.2. The predicted octanol–water partition coefficient (Wildman–Crippen LogP) is 1.54. The molecule has 0 bridgehead atoms. The zero-order chi connectivity index (χ0) is 12.3. The molecular weight excluding hydrogens is 255 g/mol. The Morgan fingerprint density at radius 1 is 1.50 bits per heavy atom. The van der Waals surface area contributed by atoms with E-state index in [1.807, 2.05) is 0 Å². The zero-order valence-electron chi connectivity index (χ0n) is 8.28. The lowest BCUT2D eigenvalue weighted by Crippen LogP contribution is -2.31. The Morgan fingerprint density at radius 2 is 2.12 bits per heavy atom. The quantitative estimate of drug-likeness (QED) is 0.840. The Bertz CT molecular complexity index is 437. The molecule has 0 radical (unpaired) electrons. The molecule has 0 fully saturated rings. The Labute approximate surface area is 102 Å². The van der Waals surface area contributed by atoms with E-state index < -0.39 is 11.9 Å². The second-order valence-corrected chi connectivity index (χ2v) is 3.82. The second kappa shape index (κ2) is 5.14. The van der Waals surface area contributed by atoms with Crippen LogP contribution in [0.5, 0.6) is 0 Å². The molecule has 1 rings (SSSR count). The standard InChI is InChI=1S/C9H8Cl2N2O3/c1-13(4-7(14)15)9(16)5-2-6(10)8(11)12-3-5/h2-3H,4H2,1H3,(H,14,15). The molecule has 0 aliphatic rings. The maximum Gasteiger partial charge on any atom is 0.323 e. The van der Waals surface area contributed by atoms with Crippen molar-refractivity contribution in [1.82, 2.24) is 9.88 Å². The summed E-state index contributed by atoms with van der Waals surface area (Å²) in [5.74, 6) is -1.57. The summed E-state index contributed by atoms with van der Waals surface area (Å²) in [7, 11) is 1.37. The van der Waals surface area contributed by atoms with E-state index in [2.05, 4.69) is 4.98 Å². The summed E-state index contributed by atoms with van der Waals surface area (Å²) < 4.78 is 0. The molecule has 0 aromatic carbocycles. The minimum absolute atomic E-state index is 0.0964. The molecule has 1 aromatic heterocycles. The van der Waals surface area contributed by atoms with E-state index in [1.54, 1.807) is 0 Å². The van der Waals surface area contributed by atoms with Crippen LogP contribution in [0.4, 0.5) is 0 Å². The molecule has 5 nitrogen and oxygen atoms in total. The van der Waals surface area contributed by atoms with Gasteiger partial charge in [0.05, 0.1) is 10.6 Å². The minimum Gasteiger partial charge on any atom is -0.480 e. The van der Waals surface area contributed by atoms with E-state index in [9.17, 15) is 9.59 Å².